The molecule has 7 aromatic carbocycles. The average Bonchev–Trinajstić information content (AvgIpc) is 3.61. The highest BCUT2D eigenvalue weighted by atomic mass is 16.4. The van der Waals surface area contributed by atoms with Gasteiger partial charge in [-0.05, 0) is 75.0 Å². The van der Waals surface area contributed by atoms with E-state index >= 15 is 0 Å². The summed E-state index contributed by atoms with van der Waals surface area (Å²) in [6.07, 6.45) is 4.23. The van der Waals surface area contributed by atoms with E-state index in [2.05, 4.69) is 84.2 Å². The third-order valence-corrected chi connectivity index (χ3v) is 10.3. The van der Waals surface area contributed by atoms with Crippen molar-refractivity contribution in [2.24, 2.45) is 0 Å². The number of fused-ring (bicyclic) bond motifs is 4. The minimum atomic E-state index is -0.119. The molecule has 0 amide bonds. The van der Waals surface area contributed by atoms with E-state index in [-0.39, 0.29) is 5.54 Å². The number of aromatic nitrogens is 1. The Labute approximate surface area is 285 Å². The Morgan fingerprint density at radius 1 is 0.653 bits per heavy atom. The minimum absolute atomic E-state index is 0.119. The van der Waals surface area contributed by atoms with Gasteiger partial charge in [-0.2, -0.15) is 0 Å². The molecule has 0 spiro atoms. The van der Waals surface area contributed by atoms with E-state index in [0.29, 0.717) is 5.75 Å². The standard InChI is InChI=1S/C35H28N2O.C10H8O/c1-3-10-23(11-4-1)33-34(24-12-5-2-6-13-24)38-31(37-33)19-21-36-35-20-9-16-28-29(35)18-17-27-26-15-8-7-14-25(26)22-30(35)32(27)28;11-10-7-3-5-8-4-1-2-6-9(8)10/h1-8,10-15,17-18,22,36H,9,16,19-21H2;1-7,11H. The molecule has 238 valence electrons. The summed E-state index contributed by atoms with van der Waals surface area (Å²) in [4.78, 5) is 5.00. The van der Waals surface area contributed by atoms with E-state index < -0.39 is 0 Å². The van der Waals surface area contributed by atoms with Gasteiger partial charge >= 0.3 is 0 Å². The number of aromatic hydroxyl groups is 1. The number of hydrogen-bond donors (Lipinski definition) is 2. The summed E-state index contributed by atoms with van der Waals surface area (Å²) >= 11 is 0. The molecule has 2 N–H and O–H groups in total. The molecule has 1 atom stereocenters. The number of hydrogen-bond acceptors (Lipinski definition) is 4. The number of oxazole rings is 1. The quantitative estimate of drug-likeness (QED) is 0.178. The zero-order valence-corrected chi connectivity index (χ0v) is 27.2. The Morgan fingerprint density at radius 3 is 2.14 bits per heavy atom. The summed E-state index contributed by atoms with van der Waals surface area (Å²) in [5.41, 5.74) is 7.41. The molecule has 4 nitrogen and oxygen atoms in total. The molecule has 10 rings (SSSR count). The van der Waals surface area contributed by atoms with Gasteiger partial charge in [-0.15, -0.1) is 0 Å². The molecular formula is C45H36N2O2. The number of phenolic OH excluding ortho intramolecular Hbond substituents is 1. The van der Waals surface area contributed by atoms with Crippen LogP contribution in [0.1, 0.15) is 35.4 Å². The van der Waals surface area contributed by atoms with E-state index in [1.54, 1.807) is 11.6 Å². The number of benzene rings is 7. The molecule has 0 fully saturated rings. The molecule has 0 saturated heterocycles. The lowest BCUT2D eigenvalue weighted by Crippen LogP contribution is -2.44. The molecule has 2 aliphatic carbocycles. The van der Waals surface area contributed by atoms with Gasteiger partial charge in [0.2, 0.25) is 0 Å². The fraction of sp³-hybridized carbons (Fsp3) is 0.133. The number of nitrogens with one attached hydrogen (secondary N) is 1. The summed E-state index contributed by atoms with van der Waals surface area (Å²) in [6, 6.07) is 49.9. The zero-order chi connectivity index (χ0) is 32.8. The first kappa shape index (κ1) is 29.4. The summed E-state index contributed by atoms with van der Waals surface area (Å²) in [5, 5.41) is 21.0. The van der Waals surface area contributed by atoms with Crippen molar-refractivity contribution in [3.05, 3.63) is 168 Å². The van der Waals surface area contributed by atoms with Crippen LogP contribution in [0.3, 0.4) is 0 Å². The fourth-order valence-corrected chi connectivity index (χ4v) is 8.13. The smallest absolute Gasteiger partial charge is 0.196 e. The van der Waals surface area contributed by atoms with Gasteiger partial charge < -0.3 is 14.8 Å². The normalized spacial score (nSPS) is 15.9. The summed E-state index contributed by atoms with van der Waals surface area (Å²) in [5.74, 6) is 1.97. The van der Waals surface area contributed by atoms with Crippen LogP contribution in [0.2, 0.25) is 0 Å². The van der Waals surface area contributed by atoms with E-state index in [0.717, 1.165) is 58.6 Å². The Balaban J connectivity index is 0.000000251. The predicted molar refractivity (Wildman–Crippen MR) is 200 cm³/mol. The van der Waals surface area contributed by atoms with Crippen molar-refractivity contribution in [1.29, 1.82) is 0 Å². The molecule has 4 bridgehead atoms. The molecule has 1 aromatic heterocycles. The average molecular weight is 637 g/mol. The lowest BCUT2D eigenvalue weighted by molar-refractivity contribution is 0.352. The highest BCUT2D eigenvalue weighted by Crippen LogP contribution is 2.53. The maximum Gasteiger partial charge on any atom is 0.196 e. The minimum Gasteiger partial charge on any atom is -0.507 e. The van der Waals surface area contributed by atoms with Crippen molar-refractivity contribution in [3.8, 4) is 28.3 Å². The van der Waals surface area contributed by atoms with Gasteiger partial charge in [0, 0.05) is 29.5 Å². The topological polar surface area (TPSA) is 58.3 Å². The second-order valence-electron chi connectivity index (χ2n) is 13.1. The van der Waals surface area contributed by atoms with Crippen LogP contribution in [0.15, 0.2) is 150 Å². The van der Waals surface area contributed by atoms with Crippen molar-refractivity contribution < 1.29 is 9.52 Å². The summed E-state index contributed by atoms with van der Waals surface area (Å²) in [7, 11) is 0. The monoisotopic (exact) mass is 636 g/mol. The van der Waals surface area contributed by atoms with E-state index in [4.69, 9.17) is 9.40 Å². The highest BCUT2D eigenvalue weighted by molar-refractivity contribution is 6.12. The first-order chi connectivity index (χ1) is 24.2. The largest absolute Gasteiger partial charge is 0.507 e. The van der Waals surface area contributed by atoms with Crippen molar-refractivity contribution in [1.82, 2.24) is 10.3 Å². The predicted octanol–water partition coefficient (Wildman–Crippen LogP) is 10.6. The molecule has 1 heterocycles. The second-order valence-corrected chi connectivity index (χ2v) is 13.1. The number of aryl methyl sites for hydroxylation is 1. The molecular weight excluding hydrogens is 601 g/mol. The molecule has 0 radical (unpaired) electrons. The second kappa shape index (κ2) is 12.1. The van der Waals surface area contributed by atoms with Gasteiger partial charge in [0.1, 0.15) is 11.4 Å². The van der Waals surface area contributed by atoms with Crippen LogP contribution in [0, 0.1) is 0 Å². The number of phenols is 1. The van der Waals surface area contributed by atoms with Gasteiger partial charge in [0.05, 0.1) is 5.54 Å². The molecule has 0 aliphatic heterocycles. The molecule has 2 aliphatic rings. The third kappa shape index (κ3) is 4.99. The first-order valence-corrected chi connectivity index (χ1v) is 17.2. The van der Waals surface area contributed by atoms with Crippen LogP contribution in [0.25, 0.3) is 54.9 Å². The maximum absolute atomic E-state index is 9.37. The first-order valence-electron chi connectivity index (χ1n) is 17.2. The SMILES string of the molecule is Oc1cccc2ccccc12.c1ccc(-c2nc(CCNC34CCCc5c3ccc3c5c4cc4ccccc43)oc2-c2ccccc2)cc1. The Morgan fingerprint density at radius 2 is 1.35 bits per heavy atom. The highest BCUT2D eigenvalue weighted by Gasteiger charge is 2.45. The van der Waals surface area contributed by atoms with Gasteiger partial charge in [-0.1, -0.05) is 133 Å². The molecule has 0 saturated carbocycles. The Kier molecular flexibility index (Phi) is 7.25. The third-order valence-electron chi connectivity index (χ3n) is 10.3. The molecule has 8 aromatic rings. The van der Waals surface area contributed by atoms with Crippen LogP contribution in [0.5, 0.6) is 5.75 Å². The van der Waals surface area contributed by atoms with Gasteiger partial charge in [-0.3, -0.25) is 0 Å². The van der Waals surface area contributed by atoms with Crippen LogP contribution < -0.4 is 5.32 Å². The number of rotatable bonds is 6. The van der Waals surface area contributed by atoms with Crippen molar-refractivity contribution in [3.63, 3.8) is 0 Å². The molecule has 49 heavy (non-hydrogen) atoms. The Bertz CT molecular complexity index is 2400. The van der Waals surface area contributed by atoms with E-state index in [1.807, 2.05) is 60.7 Å². The Hall–Kier alpha value is -5.71. The summed E-state index contributed by atoms with van der Waals surface area (Å²) < 4.78 is 6.44. The fourth-order valence-electron chi connectivity index (χ4n) is 8.13. The zero-order valence-electron chi connectivity index (χ0n) is 27.2. The van der Waals surface area contributed by atoms with Crippen LogP contribution in [-0.4, -0.2) is 16.6 Å². The lowest BCUT2D eigenvalue weighted by atomic mass is 9.79. The molecule has 1 unspecified atom stereocenters. The number of nitrogens with zero attached hydrogens (tertiary/aromatic N) is 1. The van der Waals surface area contributed by atoms with Crippen LogP contribution >= 0.6 is 0 Å². The maximum atomic E-state index is 9.37. The van der Waals surface area contributed by atoms with Crippen LogP contribution in [-0.2, 0) is 18.4 Å². The van der Waals surface area contributed by atoms with Crippen molar-refractivity contribution in [2.45, 2.75) is 31.2 Å². The van der Waals surface area contributed by atoms with E-state index in [9.17, 15) is 5.11 Å². The van der Waals surface area contributed by atoms with E-state index in [1.165, 1.54) is 45.5 Å². The summed E-state index contributed by atoms with van der Waals surface area (Å²) in [6.45, 7) is 0.801. The van der Waals surface area contributed by atoms with Crippen molar-refractivity contribution >= 4 is 32.3 Å². The van der Waals surface area contributed by atoms with Crippen LogP contribution in [0.4, 0.5) is 0 Å². The van der Waals surface area contributed by atoms with Gasteiger partial charge in [-0.25, -0.2) is 4.98 Å². The lowest BCUT2D eigenvalue weighted by Gasteiger charge is -2.36. The van der Waals surface area contributed by atoms with Gasteiger partial charge in [0.25, 0.3) is 0 Å². The van der Waals surface area contributed by atoms with Crippen molar-refractivity contribution in [2.75, 3.05) is 6.54 Å². The molecule has 4 heteroatoms. The van der Waals surface area contributed by atoms with Gasteiger partial charge in [0.15, 0.2) is 11.7 Å².